The number of benzene rings is 1. The van der Waals surface area contributed by atoms with Crippen LogP contribution >= 0.6 is 11.6 Å². The normalized spacial score (nSPS) is 17.2. The SMILES string of the molecule is CC(C)c1c(Cl)[nH]c(=O)n(C2CCc3ccccc32)c1=O. The third kappa shape index (κ3) is 2.23. The second kappa shape index (κ2) is 5.19. The van der Waals surface area contributed by atoms with Crippen molar-refractivity contribution in [2.45, 2.75) is 38.6 Å². The predicted octanol–water partition coefficient (Wildman–Crippen LogP) is 2.85. The van der Waals surface area contributed by atoms with Crippen molar-refractivity contribution < 1.29 is 0 Å². The number of rotatable bonds is 2. The average Bonchev–Trinajstić information content (AvgIpc) is 2.82. The Morgan fingerprint density at radius 3 is 2.71 bits per heavy atom. The van der Waals surface area contributed by atoms with E-state index in [4.69, 9.17) is 11.6 Å². The fraction of sp³-hybridized carbons (Fsp3) is 0.375. The standard InChI is InChI=1S/C16H17ClN2O2/c1-9(2)13-14(17)18-16(21)19(15(13)20)12-8-7-10-5-3-4-6-11(10)12/h3-6,9,12H,7-8H2,1-2H3,(H,18,21). The maximum atomic E-state index is 12.7. The molecule has 2 aromatic rings. The number of hydrogen-bond acceptors (Lipinski definition) is 2. The summed E-state index contributed by atoms with van der Waals surface area (Å²) in [4.78, 5) is 27.6. The summed E-state index contributed by atoms with van der Waals surface area (Å²) in [5.41, 5.74) is 2.02. The minimum atomic E-state index is -0.434. The lowest BCUT2D eigenvalue weighted by atomic mass is 10.1. The molecule has 5 heteroatoms. The third-order valence-electron chi connectivity index (χ3n) is 4.11. The lowest BCUT2D eigenvalue weighted by Gasteiger charge is -2.17. The monoisotopic (exact) mass is 304 g/mol. The number of fused-ring (bicyclic) bond motifs is 1. The molecule has 110 valence electrons. The molecular weight excluding hydrogens is 288 g/mol. The van der Waals surface area contributed by atoms with Crippen LogP contribution in [0.2, 0.25) is 5.15 Å². The molecule has 1 aliphatic carbocycles. The van der Waals surface area contributed by atoms with Gasteiger partial charge in [-0.25, -0.2) is 4.79 Å². The summed E-state index contributed by atoms with van der Waals surface area (Å²) < 4.78 is 1.33. The summed E-state index contributed by atoms with van der Waals surface area (Å²) >= 11 is 6.04. The zero-order valence-corrected chi connectivity index (χ0v) is 12.8. The smallest absolute Gasteiger partial charge is 0.297 e. The molecule has 0 saturated heterocycles. The molecular formula is C16H17ClN2O2. The van der Waals surface area contributed by atoms with Crippen molar-refractivity contribution in [3.8, 4) is 0 Å². The van der Waals surface area contributed by atoms with Gasteiger partial charge in [-0.1, -0.05) is 49.7 Å². The highest BCUT2D eigenvalue weighted by Gasteiger charge is 2.28. The summed E-state index contributed by atoms with van der Waals surface area (Å²) in [5.74, 6) is -0.0373. The van der Waals surface area contributed by atoms with E-state index in [1.54, 1.807) is 0 Å². The van der Waals surface area contributed by atoms with Gasteiger partial charge in [0.05, 0.1) is 11.6 Å². The Hall–Kier alpha value is -1.81. The highest BCUT2D eigenvalue weighted by atomic mass is 35.5. The van der Waals surface area contributed by atoms with Gasteiger partial charge in [-0.15, -0.1) is 0 Å². The Balaban J connectivity index is 2.24. The van der Waals surface area contributed by atoms with Crippen molar-refractivity contribution in [1.29, 1.82) is 0 Å². The number of hydrogen-bond donors (Lipinski definition) is 1. The summed E-state index contributed by atoms with van der Waals surface area (Å²) in [6.07, 6.45) is 1.65. The Bertz CT molecular complexity index is 805. The molecule has 1 aromatic heterocycles. The lowest BCUT2D eigenvalue weighted by molar-refractivity contribution is 0.524. The second-order valence-electron chi connectivity index (χ2n) is 5.74. The maximum Gasteiger partial charge on any atom is 0.330 e. The van der Waals surface area contributed by atoms with Crippen molar-refractivity contribution in [2.75, 3.05) is 0 Å². The summed E-state index contributed by atoms with van der Waals surface area (Å²) in [6.45, 7) is 3.79. The molecule has 1 aliphatic rings. The van der Waals surface area contributed by atoms with E-state index in [0.717, 1.165) is 18.4 Å². The van der Waals surface area contributed by atoms with Gasteiger partial charge in [0.15, 0.2) is 0 Å². The molecule has 0 aliphatic heterocycles. The predicted molar refractivity (Wildman–Crippen MR) is 83.3 cm³/mol. The number of nitrogens with zero attached hydrogens (tertiary/aromatic N) is 1. The van der Waals surface area contributed by atoms with Crippen LogP contribution in [0, 0.1) is 0 Å². The van der Waals surface area contributed by atoms with Crippen molar-refractivity contribution in [1.82, 2.24) is 9.55 Å². The summed E-state index contributed by atoms with van der Waals surface area (Å²) in [6, 6.07) is 7.76. The minimum absolute atomic E-state index is 0.0373. The number of nitrogens with one attached hydrogen (secondary N) is 1. The van der Waals surface area contributed by atoms with E-state index in [1.165, 1.54) is 10.1 Å². The fourth-order valence-corrected chi connectivity index (χ4v) is 3.50. The zero-order chi connectivity index (χ0) is 15.1. The van der Waals surface area contributed by atoms with Crippen LogP contribution in [-0.4, -0.2) is 9.55 Å². The molecule has 1 aromatic carbocycles. The Labute approximate surface area is 127 Å². The van der Waals surface area contributed by atoms with Crippen molar-refractivity contribution in [3.63, 3.8) is 0 Å². The topological polar surface area (TPSA) is 54.9 Å². The van der Waals surface area contributed by atoms with E-state index in [0.29, 0.717) is 5.56 Å². The van der Waals surface area contributed by atoms with Gasteiger partial charge in [0, 0.05) is 0 Å². The first-order valence-electron chi connectivity index (χ1n) is 7.12. The van der Waals surface area contributed by atoms with Crippen LogP contribution in [0.15, 0.2) is 33.9 Å². The lowest BCUT2D eigenvalue weighted by Crippen LogP contribution is -2.40. The van der Waals surface area contributed by atoms with Gasteiger partial charge in [-0.05, 0) is 29.9 Å². The van der Waals surface area contributed by atoms with E-state index in [2.05, 4.69) is 4.98 Å². The molecule has 0 amide bonds. The van der Waals surface area contributed by atoms with Gasteiger partial charge >= 0.3 is 5.69 Å². The largest absolute Gasteiger partial charge is 0.330 e. The highest BCUT2D eigenvalue weighted by molar-refractivity contribution is 6.30. The van der Waals surface area contributed by atoms with Crippen molar-refractivity contribution in [2.24, 2.45) is 0 Å². The van der Waals surface area contributed by atoms with Crippen LogP contribution in [-0.2, 0) is 6.42 Å². The number of halogens is 1. The zero-order valence-electron chi connectivity index (χ0n) is 12.0. The van der Waals surface area contributed by atoms with Gasteiger partial charge in [0.1, 0.15) is 5.15 Å². The van der Waals surface area contributed by atoms with Gasteiger partial charge in [0.25, 0.3) is 5.56 Å². The van der Waals surface area contributed by atoms with Gasteiger partial charge in [-0.2, -0.15) is 0 Å². The van der Waals surface area contributed by atoms with Gasteiger partial charge < -0.3 is 0 Å². The molecule has 1 atom stereocenters. The van der Waals surface area contributed by atoms with Crippen molar-refractivity contribution in [3.05, 3.63) is 66.9 Å². The Morgan fingerprint density at radius 2 is 2.00 bits per heavy atom. The number of aryl methyl sites for hydroxylation is 1. The molecule has 0 saturated carbocycles. The number of aromatic nitrogens is 2. The van der Waals surface area contributed by atoms with Crippen LogP contribution in [0.25, 0.3) is 0 Å². The highest BCUT2D eigenvalue weighted by Crippen LogP contribution is 2.32. The van der Waals surface area contributed by atoms with Crippen LogP contribution in [0.1, 0.15) is 48.9 Å². The first-order chi connectivity index (χ1) is 10.0. The first kappa shape index (κ1) is 14.1. The van der Waals surface area contributed by atoms with E-state index in [-0.39, 0.29) is 22.7 Å². The average molecular weight is 305 g/mol. The first-order valence-corrected chi connectivity index (χ1v) is 7.50. The van der Waals surface area contributed by atoms with Crippen LogP contribution < -0.4 is 11.2 Å². The minimum Gasteiger partial charge on any atom is -0.297 e. The fourth-order valence-electron chi connectivity index (χ4n) is 3.12. The maximum absolute atomic E-state index is 12.7. The van der Waals surface area contributed by atoms with E-state index in [9.17, 15) is 9.59 Å². The second-order valence-corrected chi connectivity index (χ2v) is 6.12. The molecule has 0 radical (unpaired) electrons. The Morgan fingerprint density at radius 1 is 1.29 bits per heavy atom. The quantitative estimate of drug-likeness (QED) is 0.867. The molecule has 1 heterocycles. The van der Waals surface area contributed by atoms with Crippen molar-refractivity contribution >= 4 is 11.6 Å². The molecule has 0 spiro atoms. The molecule has 1 N–H and O–H groups in total. The van der Waals surface area contributed by atoms with E-state index in [1.807, 2.05) is 38.1 Å². The summed E-state index contributed by atoms with van der Waals surface area (Å²) in [7, 11) is 0. The molecule has 4 nitrogen and oxygen atoms in total. The van der Waals surface area contributed by atoms with E-state index >= 15 is 0 Å². The molecule has 0 bridgehead atoms. The van der Waals surface area contributed by atoms with Crippen LogP contribution in [0.5, 0.6) is 0 Å². The van der Waals surface area contributed by atoms with Gasteiger partial charge in [-0.3, -0.25) is 14.3 Å². The van der Waals surface area contributed by atoms with Crippen LogP contribution in [0.4, 0.5) is 0 Å². The Kier molecular flexibility index (Phi) is 3.49. The van der Waals surface area contributed by atoms with E-state index < -0.39 is 5.69 Å². The molecule has 3 rings (SSSR count). The molecule has 0 fully saturated rings. The molecule has 21 heavy (non-hydrogen) atoms. The van der Waals surface area contributed by atoms with Gasteiger partial charge in [0.2, 0.25) is 0 Å². The number of aromatic amines is 1. The third-order valence-corrected chi connectivity index (χ3v) is 4.41. The number of H-pyrrole nitrogens is 1. The molecule has 1 unspecified atom stereocenters. The van der Waals surface area contributed by atoms with Crippen LogP contribution in [0.3, 0.4) is 0 Å². The summed E-state index contributed by atoms with van der Waals surface area (Å²) in [5, 5.41) is 0.155.